The van der Waals surface area contributed by atoms with Crippen molar-refractivity contribution in [2.75, 3.05) is 13.2 Å². The smallest absolute Gasteiger partial charge is 0.290 e. The molecule has 0 spiro atoms. The van der Waals surface area contributed by atoms with Gasteiger partial charge in [-0.15, -0.1) is 0 Å². The van der Waals surface area contributed by atoms with Crippen LogP contribution < -0.4 is 11.1 Å². The molecule has 0 aliphatic carbocycles. The number of hydrogen-bond acceptors (Lipinski definition) is 4. The van der Waals surface area contributed by atoms with Gasteiger partial charge in [-0.1, -0.05) is 0 Å². The normalized spacial score (nSPS) is 8.62. The van der Waals surface area contributed by atoms with Crippen LogP contribution in [0.15, 0.2) is 0 Å². The van der Waals surface area contributed by atoms with Gasteiger partial charge in [0.15, 0.2) is 0 Å². The first kappa shape index (κ1) is 7.61. The van der Waals surface area contributed by atoms with E-state index in [4.69, 9.17) is 0 Å². The Morgan fingerprint density at radius 2 is 2.62 bits per heavy atom. The number of carbonyl (C=O) groups excluding carboxylic acids is 1. The topological polar surface area (TPSA) is 64.3 Å². The van der Waals surface area contributed by atoms with Crippen molar-refractivity contribution in [2.24, 2.45) is 5.90 Å². The van der Waals surface area contributed by atoms with E-state index in [0.29, 0.717) is 19.3 Å². The van der Waals surface area contributed by atoms with E-state index >= 15 is 0 Å². The molecule has 0 aliphatic heterocycles. The Bertz CT molecular complexity index is 61.2. The lowest BCUT2D eigenvalue weighted by Crippen LogP contribution is -2.25. The van der Waals surface area contributed by atoms with E-state index < -0.39 is 0 Å². The fourth-order valence-corrected chi connectivity index (χ4v) is 0.249. The molecule has 0 aromatic rings. The number of nitrogens with two attached hydrogens (primary N) is 1. The average Bonchev–Trinajstić information content (AvgIpc) is 1.81. The van der Waals surface area contributed by atoms with Crippen LogP contribution in [0.4, 0.5) is 0 Å². The zero-order valence-electron chi connectivity index (χ0n) is 4.46. The van der Waals surface area contributed by atoms with E-state index in [9.17, 15) is 4.79 Å². The second-order valence-electron chi connectivity index (χ2n) is 1.13. The molecule has 0 fully saturated rings. The molecule has 1 radical (unpaired) electrons. The quantitative estimate of drug-likeness (QED) is 0.193. The highest BCUT2D eigenvalue weighted by atomic mass is 16.6. The highest BCUT2D eigenvalue weighted by Crippen LogP contribution is 1.55. The molecular weight excluding hydrogens is 107 g/mol. The van der Waals surface area contributed by atoms with Gasteiger partial charge in [0.2, 0.25) is 0 Å². The average molecular weight is 115 g/mol. The van der Waals surface area contributed by atoms with Crippen LogP contribution in [0, 0.1) is 0 Å². The van der Waals surface area contributed by atoms with Crippen LogP contribution in [0.3, 0.4) is 0 Å². The molecule has 45 valence electrons. The van der Waals surface area contributed by atoms with Crippen molar-refractivity contribution in [1.29, 1.82) is 0 Å². The monoisotopic (exact) mass is 115 g/mol. The fourth-order valence-electron chi connectivity index (χ4n) is 0.249. The molecule has 0 bridgehead atoms. The molecule has 5 heteroatoms. The third kappa shape index (κ3) is 5.61. The Balaban J connectivity index is 2.62. The van der Waals surface area contributed by atoms with Crippen molar-refractivity contribution >= 4 is 13.6 Å². The summed E-state index contributed by atoms with van der Waals surface area (Å²) in [5.41, 5.74) is 0. The largest absolute Gasteiger partial charge is 0.352 e. The maximum absolute atomic E-state index is 9.58. The number of nitrogens with one attached hydrogen (secondary N) is 1. The third-order valence-corrected chi connectivity index (χ3v) is 0.550. The standard InChI is InChI=1S/C3H8BN2O2/c5-8-2-1-6-4-3-7/h3,6H,1-2,5H2. The van der Waals surface area contributed by atoms with Crippen LogP contribution >= 0.6 is 0 Å². The third-order valence-electron chi connectivity index (χ3n) is 0.550. The number of carbonyl (C=O) groups is 1. The number of hydrogen-bond donors (Lipinski definition) is 2. The second kappa shape index (κ2) is 6.61. The van der Waals surface area contributed by atoms with Gasteiger partial charge in [-0.05, 0) is 0 Å². The van der Waals surface area contributed by atoms with Gasteiger partial charge < -0.3 is 14.9 Å². The van der Waals surface area contributed by atoms with E-state index in [1.165, 1.54) is 7.41 Å². The van der Waals surface area contributed by atoms with Crippen LogP contribution in [0.25, 0.3) is 0 Å². The van der Waals surface area contributed by atoms with Gasteiger partial charge in [0, 0.05) is 6.54 Å². The lowest BCUT2D eigenvalue weighted by Gasteiger charge is -1.94. The molecule has 0 saturated heterocycles. The van der Waals surface area contributed by atoms with Crippen molar-refractivity contribution in [3.63, 3.8) is 0 Å². The van der Waals surface area contributed by atoms with Crippen LogP contribution in [0.2, 0.25) is 0 Å². The van der Waals surface area contributed by atoms with Crippen LogP contribution in [-0.2, 0) is 9.63 Å². The van der Waals surface area contributed by atoms with Crippen molar-refractivity contribution in [3.05, 3.63) is 0 Å². The summed E-state index contributed by atoms with van der Waals surface area (Å²) in [6.45, 7) is 0.972. The van der Waals surface area contributed by atoms with E-state index in [2.05, 4.69) is 16.0 Å². The van der Waals surface area contributed by atoms with Crippen molar-refractivity contribution in [2.45, 2.75) is 0 Å². The predicted molar refractivity (Wildman–Crippen MR) is 30.6 cm³/mol. The van der Waals surface area contributed by atoms with Crippen LogP contribution in [0.5, 0.6) is 0 Å². The SMILES string of the molecule is NOCCN[B]C=O. The van der Waals surface area contributed by atoms with Gasteiger partial charge in [-0.3, -0.25) is 0 Å². The first-order valence-corrected chi connectivity index (χ1v) is 2.24. The van der Waals surface area contributed by atoms with Gasteiger partial charge in [0.1, 0.15) is 0 Å². The summed E-state index contributed by atoms with van der Waals surface area (Å²) < 4.78 is 0. The van der Waals surface area contributed by atoms with Gasteiger partial charge in [-0.25, -0.2) is 5.90 Å². The minimum Gasteiger partial charge on any atom is -0.352 e. The molecule has 3 N–H and O–H groups in total. The lowest BCUT2D eigenvalue weighted by atomic mass is 10.00. The number of rotatable bonds is 5. The van der Waals surface area contributed by atoms with Gasteiger partial charge >= 0.3 is 0 Å². The molecule has 0 heterocycles. The van der Waals surface area contributed by atoms with Crippen molar-refractivity contribution in [1.82, 2.24) is 5.23 Å². The van der Waals surface area contributed by atoms with Gasteiger partial charge in [-0.2, -0.15) is 0 Å². The van der Waals surface area contributed by atoms with E-state index in [0.717, 1.165) is 0 Å². The summed E-state index contributed by atoms with van der Waals surface area (Å²) in [6.07, 6.45) is 0.663. The van der Waals surface area contributed by atoms with Gasteiger partial charge in [0.25, 0.3) is 7.41 Å². The zero-order chi connectivity index (χ0) is 6.24. The highest BCUT2D eigenvalue weighted by molar-refractivity contribution is 6.64. The first-order valence-electron chi connectivity index (χ1n) is 2.24. The van der Waals surface area contributed by atoms with Crippen LogP contribution in [0.1, 0.15) is 0 Å². The fraction of sp³-hybridized carbons (Fsp3) is 0.667. The molecule has 0 rings (SSSR count). The first-order chi connectivity index (χ1) is 3.91. The molecule has 0 aliphatic rings. The lowest BCUT2D eigenvalue weighted by molar-refractivity contribution is 0.143. The Kier molecular flexibility index (Phi) is 6.30. The summed E-state index contributed by atoms with van der Waals surface area (Å²) >= 11 is 0. The minimum absolute atomic E-state index is 0.407. The van der Waals surface area contributed by atoms with Gasteiger partial charge in [0.05, 0.1) is 12.8 Å². The van der Waals surface area contributed by atoms with E-state index in [1.54, 1.807) is 0 Å². The Morgan fingerprint density at radius 1 is 1.88 bits per heavy atom. The zero-order valence-corrected chi connectivity index (χ0v) is 4.46. The second-order valence-corrected chi connectivity index (χ2v) is 1.13. The maximum Gasteiger partial charge on any atom is 0.290 e. The van der Waals surface area contributed by atoms with E-state index in [-0.39, 0.29) is 0 Å². The Hall–Kier alpha value is -0.385. The highest BCUT2D eigenvalue weighted by Gasteiger charge is 1.84. The van der Waals surface area contributed by atoms with Crippen molar-refractivity contribution in [3.8, 4) is 0 Å². The summed E-state index contributed by atoms with van der Waals surface area (Å²) in [4.78, 5) is 13.8. The molecule has 0 saturated carbocycles. The summed E-state index contributed by atoms with van der Waals surface area (Å²) in [5.74, 6) is 4.67. The van der Waals surface area contributed by atoms with Crippen LogP contribution in [-0.4, -0.2) is 26.8 Å². The van der Waals surface area contributed by atoms with E-state index in [1.807, 2.05) is 0 Å². The minimum atomic E-state index is 0.407. The summed E-state index contributed by atoms with van der Waals surface area (Å²) in [6, 6.07) is 0. The maximum atomic E-state index is 9.58. The predicted octanol–water partition coefficient (Wildman–Crippen LogP) is -1.72. The molecule has 0 aromatic carbocycles. The molecule has 0 unspecified atom stereocenters. The molecule has 0 atom stereocenters. The molecule has 4 nitrogen and oxygen atoms in total. The molecule has 0 aromatic heterocycles. The Morgan fingerprint density at radius 3 is 3.12 bits per heavy atom. The molecular formula is C3H8BN2O2. The van der Waals surface area contributed by atoms with Crippen molar-refractivity contribution < 1.29 is 9.63 Å². The molecule has 8 heavy (non-hydrogen) atoms. The summed E-state index contributed by atoms with van der Waals surface area (Å²) in [5, 5.41) is 2.64. The molecule has 0 amide bonds. The summed E-state index contributed by atoms with van der Waals surface area (Å²) in [7, 11) is 1.29. The Labute approximate surface area is 48.6 Å².